The van der Waals surface area contributed by atoms with Gasteiger partial charge in [-0.25, -0.2) is 15.0 Å². The number of amidine groups is 1. The summed E-state index contributed by atoms with van der Waals surface area (Å²) in [5.41, 5.74) is 2.24. The fourth-order valence-corrected chi connectivity index (χ4v) is 4.03. The van der Waals surface area contributed by atoms with Gasteiger partial charge in [0, 0.05) is 12.1 Å². The summed E-state index contributed by atoms with van der Waals surface area (Å²) in [5, 5.41) is 6.63. The standard InChI is InChI=1S/C17H14N4O3S2/c1-11-9-16(19-17-18-14-7-2-3-8-15(14)25-17)21(20-11)12-5-4-6-13(10-12)26(22,23)24/h2-8,10H,9H2,1H3,(H,22,23,24). The highest BCUT2D eigenvalue weighted by atomic mass is 32.2. The molecule has 0 aliphatic carbocycles. The second kappa shape index (κ2) is 6.27. The van der Waals surface area contributed by atoms with E-state index in [1.54, 1.807) is 17.1 Å². The number of hydrogen-bond donors (Lipinski definition) is 1. The number of anilines is 1. The second-order valence-electron chi connectivity index (χ2n) is 5.79. The van der Waals surface area contributed by atoms with Gasteiger partial charge in [-0.3, -0.25) is 4.55 Å². The van der Waals surface area contributed by atoms with Crippen LogP contribution in [0.2, 0.25) is 0 Å². The largest absolute Gasteiger partial charge is 0.294 e. The predicted molar refractivity (Wildman–Crippen MR) is 103 cm³/mol. The van der Waals surface area contributed by atoms with Crippen molar-refractivity contribution in [2.75, 3.05) is 5.01 Å². The van der Waals surface area contributed by atoms with Crippen LogP contribution in [0.25, 0.3) is 10.2 Å². The lowest BCUT2D eigenvalue weighted by Crippen LogP contribution is -2.20. The number of hydrogen-bond acceptors (Lipinski definition) is 6. The van der Waals surface area contributed by atoms with Crippen LogP contribution in [0, 0.1) is 0 Å². The normalized spacial score (nSPS) is 16.5. The maximum Gasteiger partial charge on any atom is 0.294 e. The summed E-state index contributed by atoms with van der Waals surface area (Å²) in [7, 11) is -4.29. The summed E-state index contributed by atoms with van der Waals surface area (Å²) in [4.78, 5) is 8.94. The van der Waals surface area contributed by atoms with Gasteiger partial charge in [-0.15, -0.1) is 0 Å². The van der Waals surface area contributed by atoms with Gasteiger partial charge < -0.3 is 0 Å². The topological polar surface area (TPSA) is 95.2 Å². The number of rotatable bonds is 3. The molecule has 0 saturated heterocycles. The van der Waals surface area contributed by atoms with Crippen LogP contribution >= 0.6 is 11.3 Å². The molecule has 2 heterocycles. The maximum absolute atomic E-state index is 11.4. The Kier molecular flexibility index (Phi) is 4.06. The predicted octanol–water partition coefficient (Wildman–Crippen LogP) is 3.86. The molecule has 0 amide bonds. The molecule has 132 valence electrons. The number of para-hydroxylation sites is 1. The van der Waals surface area contributed by atoms with E-state index in [-0.39, 0.29) is 4.90 Å². The lowest BCUT2D eigenvalue weighted by atomic mass is 10.2. The van der Waals surface area contributed by atoms with Crippen molar-refractivity contribution in [1.82, 2.24) is 4.98 Å². The third-order valence-corrected chi connectivity index (χ3v) is 5.58. The minimum atomic E-state index is -4.29. The number of thiazole rings is 1. The van der Waals surface area contributed by atoms with E-state index in [1.807, 2.05) is 31.2 Å². The summed E-state index contributed by atoms with van der Waals surface area (Å²) in [6.45, 7) is 1.88. The molecular weight excluding hydrogens is 372 g/mol. The summed E-state index contributed by atoms with van der Waals surface area (Å²) < 4.78 is 33.1. The number of aliphatic imine (C=N–C) groups is 1. The van der Waals surface area contributed by atoms with E-state index in [2.05, 4.69) is 15.1 Å². The number of benzene rings is 2. The number of fused-ring (bicyclic) bond motifs is 1. The highest BCUT2D eigenvalue weighted by Crippen LogP contribution is 2.30. The van der Waals surface area contributed by atoms with Gasteiger partial charge in [0.15, 0.2) is 0 Å². The van der Waals surface area contributed by atoms with Crippen molar-refractivity contribution in [1.29, 1.82) is 0 Å². The van der Waals surface area contributed by atoms with E-state index < -0.39 is 10.1 Å². The second-order valence-corrected chi connectivity index (χ2v) is 8.22. The van der Waals surface area contributed by atoms with Crippen LogP contribution < -0.4 is 5.01 Å². The van der Waals surface area contributed by atoms with Crippen molar-refractivity contribution in [3.05, 3.63) is 48.5 Å². The van der Waals surface area contributed by atoms with Crippen LogP contribution in [-0.2, 0) is 10.1 Å². The number of nitrogens with zero attached hydrogens (tertiary/aromatic N) is 4. The van der Waals surface area contributed by atoms with Crippen LogP contribution in [0.3, 0.4) is 0 Å². The molecule has 0 spiro atoms. The molecule has 0 fully saturated rings. The van der Waals surface area contributed by atoms with Gasteiger partial charge in [0.1, 0.15) is 5.84 Å². The molecule has 0 bridgehead atoms. The van der Waals surface area contributed by atoms with Crippen LogP contribution in [0.1, 0.15) is 13.3 Å². The quantitative estimate of drug-likeness (QED) is 0.690. The van der Waals surface area contributed by atoms with E-state index in [0.29, 0.717) is 23.1 Å². The van der Waals surface area contributed by atoms with Gasteiger partial charge in [0.2, 0.25) is 5.13 Å². The summed E-state index contributed by atoms with van der Waals surface area (Å²) in [6, 6.07) is 13.8. The Hall–Kier alpha value is -2.62. The van der Waals surface area contributed by atoms with E-state index in [1.165, 1.54) is 23.5 Å². The molecule has 0 saturated carbocycles. The van der Waals surface area contributed by atoms with Crippen LogP contribution in [0.15, 0.2) is 63.5 Å². The lowest BCUT2D eigenvalue weighted by molar-refractivity contribution is 0.483. The molecule has 1 aromatic heterocycles. The van der Waals surface area contributed by atoms with Crippen molar-refractivity contribution in [3.63, 3.8) is 0 Å². The van der Waals surface area contributed by atoms with Crippen molar-refractivity contribution < 1.29 is 13.0 Å². The Labute approximate surface area is 154 Å². The van der Waals surface area contributed by atoms with Crippen LogP contribution in [0.4, 0.5) is 10.8 Å². The molecule has 1 aliphatic heterocycles. The van der Waals surface area contributed by atoms with Gasteiger partial charge in [-0.05, 0) is 37.3 Å². The van der Waals surface area contributed by atoms with Crippen LogP contribution in [-0.4, -0.2) is 29.5 Å². The zero-order chi connectivity index (χ0) is 18.3. The molecule has 0 unspecified atom stereocenters. The fraction of sp³-hybridized carbons (Fsp3) is 0.118. The van der Waals surface area contributed by atoms with E-state index >= 15 is 0 Å². The zero-order valence-corrected chi connectivity index (χ0v) is 15.3. The van der Waals surface area contributed by atoms with E-state index in [4.69, 9.17) is 0 Å². The molecule has 9 heteroatoms. The highest BCUT2D eigenvalue weighted by molar-refractivity contribution is 7.85. The average molecular weight is 386 g/mol. The molecule has 4 rings (SSSR count). The SMILES string of the molecule is CC1=NN(c2cccc(S(=O)(=O)O)c2)C(=Nc2nc3ccccc3s2)C1. The van der Waals surface area contributed by atoms with Crippen molar-refractivity contribution in [3.8, 4) is 0 Å². The molecule has 3 aromatic rings. The molecule has 1 aliphatic rings. The first kappa shape index (κ1) is 16.8. The molecule has 0 radical (unpaired) electrons. The first-order valence-corrected chi connectivity index (χ1v) is 10.0. The van der Waals surface area contributed by atoms with Gasteiger partial charge in [-0.1, -0.05) is 29.5 Å². The van der Waals surface area contributed by atoms with E-state index in [0.717, 1.165) is 15.9 Å². The Morgan fingerprint density at radius 3 is 2.77 bits per heavy atom. The third kappa shape index (κ3) is 3.24. The van der Waals surface area contributed by atoms with Gasteiger partial charge >= 0.3 is 0 Å². The zero-order valence-electron chi connectivity index (χ0n) is 13.7. The minimum absolute atomic E-state index is 0.186. The molecule has 7 nitrogen and oxygen atoms in total. The van der Waals surface area contributed by atoms with Crippen molar-refractivity contribution in [2.24, 2.45) is 10.1 Å². The first-order chi connectivity index (χ1) is 12.4. The van der Waals surface area contributed by atoms with Crippen LogP contribution in [0.5, 0.6) is 0 Å². The van der Waals surface area contributed by atoms with Crippen molar-refractivity contribution >= 4 is 54.0 Å². The van der Waals surface area contributed by atoms with Gasteiger partial charge in [0.25, 0.3) is 10.1 Å². The summed E-state index contributed by atoms with van der Waals surface area (Å²) in [5.74, 6) is 0.647. The molecule has 26 heavy (non-hydrogen) atoms. The fourth-order valence-electron chi connectivity index (χ4n) is 2.66. The Balaban J connectivity index is 1.75. The van der Waals surface area contributed by atoms with Gasteiger partial charge in [0.05, 0.1) is 20.8 Å². The monoisotopic (exact) mass is 386 g/mol. The summed E-state index contributed by atoms with van der Waals surface area (Å²) in [6.07, 6.45) is 0.534. The minimum Gasteiger partial charge on any atom is -0.282 e. The molecule has 2 aromatic carbocycles. The van der Waals surface area contributed by atoms with Gasteiger partial charge in [-0.2, -0.15) is 13.5 Å². The lowest BCUT2D eigenvalue weighted by Gasteiger charge is -2.15. The number of aromatic nitrogens is 1. The average Bonchev–Trinajstić information content (AvgIpc) is 3.17. The Bertz CT molecular complexity index is 1130. The number of hydrazone groups is 1. The Morgan fingerprint density at radius 2 is 2.00 bits per heavy atom. The Morgan fingerprint density at radius 1 is 1.19 bits per heavy atom. The molecule has 0 atom stereocenters. The first-order valence-electron chi connectivity index (χ1n) is 7.75. The summed E-state index contributed by atoms with van der Waals surface area (Å²) >= 11 is 1.48. The van der Waals surface area contributed by atoms with E-state index in [9.17, 15) is 13.0 Å². The maximum atomic E-state index is 11.4. The third-order valence-electron chi connectivity index (χ3n) is 3.80. The smallest absolute Gasteiger partial charge is 0.282 e. The van der Waals surface area contributed by atoms with Crippen molar-refractivity contribution in [2.45, 2.75) is 18.2 Å². The molecule has 1 N–H and O–H groups in total. The molecular formula is C17H14N4O3S2. The highest BCUT2D eigenvalue weighted by Gasteiger charge is 2.23.